The minimum atomic E-state index is -0.103. The van der Waals surface area contributed by atoms with Crippen LogP contribution < -0.4 is 5.32 Å². The van der Waals surface area contributed by atoms with Crippen LogP contribution in [-0.4, -0.2) is 48.8 Å². The molecule has 0 aliphatic carbocycles. The van der Waals surface area contributed by atoms with Crippen LogP contribution in [0.25, 0.3) is 0 Å². The summed E-state index contributed by atoms with van der Waals surface area (Å²) in [6.07, 6.45) is 1.75. The molecule has 0 spiro atoms. The van der Waals surface area contributed by atoms with Crippen LogP contribution in [0.2, 0.25) is 0 Å². The minimum absolute atomic E-state index is 0.0720. The molecule has 0 radical (unpaired) electrons. The van der Waals surface area contributed by atoms with Crippen molar-refractivity contribution in [1.29, 1.82) is 0 Å². The molecule has 0 unspecified atom stereocenters. The summed E-state index contributed by atoms with van der Waals surface area (Å²) in [4.78, 5) is 29.2. The molecule has 5 nitrogen and oxygen atoms in total. The van der Waals surface area contributed by atoms with Crippen molar-refractivity contribution in [3.63, 3.8) is 0 Å². The van der Waals surface area contributed by atoms with Gasteiger partial charge in [0.05, 0.1) is 13.1 Å². The number of thiophene rings is 1. The van der Waals surface area contributed by atoms with E-state index >= 15 is 0 Å². The number of nitrogens with one attached hydrogen (secondary N) is 1. The molecule has 0 saturated heterocycles. The fourth-order valence-corrected chi connectivity index (χ4v) is 3.32. The van der Waals surface area contributed by atoms with Crippen LogP contribution in [0.15, 0.2) is 54.4 Å². The fraction of sp³-hybridized carbons (Fsp3) is 0.300. The minimum Gasteiger partial charge on any atom is -0.355 e. The van der Waals surface area contributed by atoms with E-state index in [4.69, 9.17) is 0 Å². The summed E-state index contributed by atoms with van der Waals surface area (Å²) in [5.74, 6) is -0.0310. The Balaban J connectivity index is 1.92. The molecule has 0 aliphatic heterocycles. The first kappa shape index (κ1) is 19.9. The summed E-state index contributed by atoms with van der Waals surface area (Å²) >= 11 is 1.65. The van der Waals surface area contributed by atoms with E-state index < -0.39 is 0 Å². The zero-order valence-electron chi connectivity index (χ0n) is 15.3. The summed E-state index contributed by atoms with van der Waals surface area (Å²) < 4.78 is 0. The average molecular weight is 372 g/mol. The number of rotatable bonds is 9. The van der Waals surface area contributed by atoms with E-state index in [1.54, 1.807) is 36.6 Å². The zero-order chi connectivity index (χ0) is 18.9. The third kappa shape index (κ3) is 5.82. The van der Waals surface area contributed by atoms with Gasteiger partial charge >= 0.3 is 0 Å². The largest absolute Gasteiger partial charge is 0.355 e. The van der Waals surface area contributed by atoms with Crippen molar-refractivity contribution in [2.24, 2.45) is 0 Å². The molecule has 0 aliphatic rings. The number of nitrogens with zero attached hydrogens (tertiary/aromatic N) is 2. The van der Waals surface area contributed by atoms with Crippen LogP contribution in [0.3, 0.4) is 0 Å². The van der Waals surface area contributed by atoms with Crippen molar-refractivity contribution in [2.75, 3.05) is 27.2 Å². The molecule has 1 N–H and O–H groups in total. The van der Waals surface area contributed by atoms with Gasteiger partial charge in [0.15, 0.2) is 0 Å². The topological polar surface area (TPSA) is 52.7 Å². The number of benzene rings is 1. The average Bonchev–Trinajstić information content (AvgIpc) is 3.14. The maximum absolute atomic E-state index is 12.6. The summed E-state index contributed by atoms with van der Waals surface area (Å²) in [6.45, 7) is 5.86. The number of hydrogen-bond acceptors (Lipinski definition) is 4. The summed E-state index contributed by atoms with van der Waals surface area (Å²) in [7, 11) is 3.53. The normalized spacial score (nSPS) is 10.6. The van der Waals surface area contributed by atoms with Crippen LogP contribution in [0.1, 0.15) is 20.8 Å². The molecule has 1 heterocycles. The number of carbonyl (C=O) groups excluding carboxylic acids is 2. The van der Waals surface area contributed by atoms with Gasteiger partial charge in [-0.3, -0.25) is 14.5 Å². The Hall–Kier alpha value is -2.44. The molecule has 138 valence electrons. The Labute approximate surface area is 158 Å². The SMILES string of the molecule is C=CCN(Cc1cccs1)C(=O)CN(C)Cc1ccc(C(=O)NC)cc1. The van der Waals surface area contributed by atoms with Gasteiger partial charge in [0.1, 0.15) is 0 Å². The summed E-state index contributed by atoms with van der Waals surface area (Å²) in [6, 6.07) is 11.4. The van der Waals surface area contributed by atoms with Crippen LogP contribution in [0.5, 0.6) is 0 Å². The van der Waals surface area contributed by atoms with Gasteiger partial charge in [-0.25, -0.2) is 0 Å². The Kier molecular flexibility index (Phi) is 7.56. The predicted molar refractivity (Wildman–Crippen MR) is 106 cm³/mol. The van der Waals surface area contributed by atoms with Crippen LogP contribution in [0, 0.1) is 0 Å². The third-order valence-corrected chi connectivity index (χ3v) is 4.79. The van der Waals surface area contributed by atoms with E-state index in [1.807, 2.05) is 46.5 Å². The van der Waals surface area contributed by atoms with Gasteiger partial charge < -0.3 is 10.2 Å². The number of carbonyl (C=O) groups is 2. The fourth-order valence-electron chi connectivity index (χ4n) is 2.61. The lowest BCUT2D eigenvalue weighted by molar-refractivity contribution is -0.132. The van der Waals surface area contributed by atoms with E-state index in [0.717, 1.165) is 10.4 Å². The van der Waals surface area contributed by atoms with E-state index in [-0.39, 0.29) is 11.8 Å². The smallest absolute Gasteiger partial charge is 0.251 e. The molecule has 2 aromatic rings. The van der Waals surface area contributed by atoms with E-state index in [0.29, 0.717) is 31.7 Å². The van der Waals surface area contributed by atoms with Crippen molar-refractivity contribution in [1.82, 2.24) is 15.1 Å². The van der Waals surface area contributed by atoms with Gasteiger partial charge in [-0.15, -0.1) is 17.9 Å². The molecular weight excluding hydrogens is 346 g/mol. The Morgan fingerprint density at radius 3 is 2.50 bits per heavy atom. The molecular formula is C20H25N3O2S. The lowest BCUT2D eigenvalue weighted by Gasteiger charge is -2.24. The molecule has 1 aromatic carbocycles. The molecule has 2 amide bonds. The lowest BCUT2D eigenvalue weighted by atomic mass is 10.1. The Morgan fingerprint density at radius 1 is 1.19 bits per heavy atom. The Morgan fingerprint density at radius 2 is 1.92 bits per heavy atom. The lowest BCUT2D eigenvalue weighted by Crippen LogP contribution is -2.38. The Bertz CT molecular complexity index is 726. The highest BCUT2D eigenvalue weighted by Gasteiger charge is 2.15. The molecule has 0 atom stereocenters. The van der Waals surface area contributed by atoms with Gasteiger partial charge in [-0.2, -0.15) is 0 Å². The molecule has 1 aromatic heterocycles. The van der Waals surface area contributed by atoms with Gasteiger partial charge in [0.2, 0.25) is 5.91 Å². The highest BCUT2D eigenvalue weighted by molar-refractivity contribution is 7.09. The van der Waals surface area contributed by atoms with E-state index in [9.17, 15) is 9.59 Å². The molecule has 0 fully saturated rings. The van der Waals surface area contributed by atoms with Crippen molar-refractivity contribution in [2.45, 2.75) is 13.1 Å². The monoisotopic (exact) mass is 371 g/mol. The predicted octanol–water partition coefficient (Wildman–Crippen LogP) is 2.75. The van der Waals surface area contributed by atoms with E-state index in [2.05, 4.69) is 11.9 Å². The van der Waals surface area contributed by atoms with Crippen molar-refractivity contribution in [3.05, 3.63) is 70.4 Å². The molecule has 6 heteroatoms. The first-order valence-corrected chi connectivity index (χ1v) is 9.32. The number of amides is 2. The summed E-state index contributed by atoms with van der Waals surface area (Å²) in [5.41, 5.74) is 1.68. The second kappa shape index (κ2) is 9.89. The van der Waals surface area contributed by atoms with Crippen molar-refractivity contribution in [3.8, 4) is 0 Å². The highest BCUT2D eigenvalue weighted by atomic mass is 32.1. The highest BCUT2D eigenvalue weighted by Crippen LogP contribution is 2.13. The van der Waals surface area contributed by atoms with Crippen LogP contribution >= 0.6 is 11.3 Å². The summed E-state index contributed by atoms with van der Waals surface area (Å²) in [5, 5.41) is 4.62. The van der Waals surface area contributed by atoms with E-state index in [1.165, 1.54) is 0 Å². The van der Waals surface area contributed by atoms with Gasteiger partial charge in [-0.1, -0.05) is 24.3 Å². The number of likely N-dealkylation sites (N-methyl/N-ethyl adjacent to an activating group) is 1. The third-order valence-electron chi connectivity index (χ3n) is 3.93. The molecule has 2 rings (SSSR count). The maximum atomic E-state index is 12.6. The maximum Gasteiger partial charge on any atom is 0.251 e. The van der Waals surface area contributed by atoms with Crippen molar-refractivity contribution >= 4 is 23.2 Å². The zero-order valence-corrected chi connectivity index (χ0v) is 16.1. The van der Waals surface area contributed by atoms with Gasteiger partial charge in [-0.05, 0) is 36.2 Å². The molecule has 0 bridgehead atoms. The first-order valence-electron chi connectivity index (χ1n) is 8.44. The van der Waals surface area contributed by atoms with Gasteiger partial charge in [0, 0.05) is 30.6 Å². The van der Waals surface area contributed by atoms with Crippen molar-refractivity contribution < 1.29 is 9.59 Å². The van der Waals surface area contributed by atoms with Gasteiger partial charge in [0.25, 0.3) is 5.91 Å². The first-order chi connectivity index (χ1) is 12.5. The molecule has 0 saturated carbocycles. The second-order valence-electron chi connectivity index (χ2n) is 6.09. The van der Waals surface area contributed by atoms with Crippen LogP contribution in [0.4, 0.5) is 0 Å². The van der Waals surface area contributed by atoms with Crippen LogP contribution in [-0.2, 0) is 17.9 Å². The second-order valence-corrected chi connectivity index (χ2v) is 7.12. The standard InChI is InChI=1S/C20H25N3O2S/c1-4-11-23(14-18-6-5-12-26-18)19(24)15-22(3)13-16-7-9-17(10-8-16)20(25)21-2/h4-10,12H,1,11,13-15H2,2-3H3,(H,21,25). The molecule has 26 heavy (non-hydrogen) atoms. The number of hydrogen-bond donors (Lipinski definition) is 1. The quantitative estimate of drug-likeness (QED) is 0.690.